The number of benzene rings is 1. The predicted molar refractivity (Wildman–Crippen MR) is 82.6 cm³/mol. The summed E-state index contributed by atoms with van der Waals surface area (Å²) in [4.78, 5) is 11.7. The van der Waals surface area contributed by atoms with Crippen LogP contribution in [0.2, 0.25) is 5.02 Å². The first-order valence-electron chi connectivity index (χ1n) is 6.88. The molecule has 4 nitrogen and oxygen atoms in total. The maximum absolute atomic E-state index is 11.7. The summed E-state index contributed by atoms with van der Waals surface area (Å²) in [6.45, 7) is 8.03. The normalized spacial score (nSPS) is 19.6. The molecule has 0 N–H and O–H groups in total. The zero-order chi connectivity index (χ0) is 15.8. The molecule has 0 spiro atoms. The molecule has 2 rings (SSSR count). The number of rotatable bonds is 3. The molecule has 1 aromatic carbocycles. The van der Waals surface area contributed by atoms with Gasteiger partial charge in [-0.15, -0.1) is 0 Å². The van der Waals surface area contributed by atoms with Crippen LogP contribution in [0.3, 0.4) is 0 Å². The fourth-order valence-corrected chi connectivity index (χ4v) is 2.40. The largest absolute Gasteiger partial charge is 0.465 e. The Balaban J connectivity index is 2.17. The van der Waals surface area contributed by atoms with Crippen LogP contribution in [0, 0.1) is 0 Å². The predicted octanol–water partition coefficient (Wildman–Crippen LogP) is 3.30. The molecule has 1 aromatic rings. The fourth-order valence-electron chi connectivity index (χ4n) is 2.21. The Hall–Kier alpha value is -1.04. The third-order valence-corrected chi connectivity index (χ3v) is 4.47. The standard InChI is InChI=1S/C15H20BClO4/c1-14(2)15(3,4)21-16(20-14)9-10-6-7-12(17)11(8-10)13(18)19-5/h6-8H,9H2,1-5H3. The molecule has 1 aliphatic rings. The molecular formula is C15H20BClO4. The van der Waals surface area contributed by atoms with Gasteiger partial charge in [0.15, 0.2) is 0 Å². The zero-order valence-electron chi connectivity index (χ0n) is 13.0. The van der Waals surface area contributed by atoms with Crippen LogP contribution < -0.4 is 0 Å². The van der Waals surface area contributed by atoms with E-state index in [1.165, 1.54) is 7.11 Å². The zero-order valence-corrected chi connectivity index (χ0v) is 13.8. The third kappa shape index (κ3) is 3.25. The molecule has 0 saturated carbocycles. The van der Waals surface area contributed by atoms with E-state index in [-0.39, 0.29) is 18.3 Å². The molecule has 1 heterocycles. The lowest BCUT2D eigenvalue weighted by Crippen LogP contribution is -2.41. The lowest BCUT2D eigenvalue weighted by atomic mass is 9.80. The lowest BCUT2D eigenvalue weighted by molar-refractivity contribution is 0.00578. The SMILES string of the molecule is COC(=O)c1cc(CB2OC(C)(C)C(C)(C)O2)ccc1Cl. The topological polar surface area (TPSA) is 44.8 Å². The second-order valence-corrected chi connectivity index (χ2v) is 6.60. The molecule has 21 heavy (non-hydrogen) atoms. The minimum absolute atomic E-state index is 0.346. The van der Waals surface area contributed by atoms with Crippen LogP contribution in [0.1, 0.15) is 43.6 Å². The quantitative estimate of drug-likeness (QED) is 0.635. The highest BCUT2D eigenvalue weighted by atomic mass is 35.5. The van der Waals surface area contributed by atoms with E-state index >= 15 is 0 Å². The smallest absolute Gasteiger partial charge is 0.462 e. The van der Waals surface area contributed by atoms with Crippen molar-refractivity contribution in [1.29, 1.82) is 0 Å². The first-order valence-corrected chi connectivity index (χ1v) is 7.26. The van der Waals surface area contributed by atoms with Gasteiger partial charge in [0, 0.05) is 6.32 Å². The Bertz CT molecular complexity index is 541. The Morgan fingerprint density at radius 3 is 2.33 bits per heavy atom. The van der Waals surface area contributed by atoms with Gasteiger partial charge in [0.1, 0.15) is 0 Å². The van der Waals surface area contributed by atoms with Gasteiger partial charge in [0.05, 0.1) is 28.9 Å². The van der Waals surface area contributed by atoms with E-state index in [9.17, 15) is 4.79 Å². The molecule has 0 amide bonds. The summed E-state index contributed by atoms with van der Waals surface area (Å²) in [5.74, 6) is -0.448. The molecule has 0 aliphatic carbocycles. The number of ether oxygens (including phenoxy) is 1. The van der Waals surface area contributed by atoms with Crippen molar-refractivity contribution in [3.8, 4) is 0 Å². The van der Waals surface area contributed by atoms with Crippen LogP contribution in [0.15, 0.2) is 18.2 Å². The molecule has 0 atom stereocenters. The molecule has 0 aromatic heterocycles. The van der Waals surface area contributed by atoms with Crippen molar-refractivity contribution in [1.82, 2.24) is 0 Å². The fraction of sp³-hybridized carbons (Fsp3) is 0.533. The summed E-state index contributed by atoms with van der Waals surface area (Å²) >= 11 is 6.01. The Morgan fingerprint density at radius 1 is 1.24 bits per heavy atom. The maximum Gasteiger partial charge on any atom is 0.462 e. The molecule has 0 bridgehead atoms. The number of carbonyl (C=O) groups excluding carboxylic acids is 1. The van der Waals surface area contributed by atoms with Gasteiger partial charge in [-0.3, -0.25) is 0 Å². The Morgan fingerprint density at radius 2 is 1.81 bits per heavy atom. The average molecular weight is 311 g/mol. The van der Waals surface area contributed by atoms with Gasteiger partial charge in [0.2, 0.25) is 0 Å². The van der Waals surface area contributed by atoms with Gasteiger partial charge < -0.3 is 14.0 Å². The maximum atomic E-state index is 11.7. The van der Waals surface area contributed by atoms with Gasteiger partial charge in [-0.2, -0.15) is 0 Å². The first kappa shape index (κ1) is 16.3. The van der Waals surface area contributed by atoms with Crippen molar-refractivity contribution < 1.29 is 18.8 Å². The van der Waals surface area contributed by atoms with Crippen LogP contribution >= 0.6 is 11.6 Å². The van der Waals surface area contributed by atoms with Crippen LogP contribution in [0.4, 0.5) is 0 Å². The second-order valence-electron chi connectivity index (χ2n) is 6.20. The van der Waals surface area contributed by atoms with Crippen LogP contribution in [0.25, 0.3) is 0 Å². The van der Waals surface area contributed by atoms with Crippen LogP contribution in [0.5, 0.6) is 0 Å². The highest BCUT2D eigenvalue weighted by Gasteiger charge is 2.50. The molecule has 6 heteroatoms. The van der Waals surface area contributed by atoms with Crippen LogP contribution in [-0.4, -0.2) is 31.4 Å². The molecule has 0 unspecified atom stereocenters. The van der Waals surface area contributed by atoms with E-state index in [4.69, 9.17) is 25.6 Å². The summed E-state index contributed by atoms with van der Waals surface area (Å²) in [6.07, 6.45) is 0.550. The van der Waals surface area contributed by atoms with Gasteiger partial charge in [-0.05, 0) is 45.4 Å². The number of esters is 1. The number of hydrogen-bond donors (Lipinski definition) is 0. The lowest BCUT2D eigenvalue weighted by Gasteiger charge is -2.32. The molecule has 1 aliphatic heterocycles. The van der Waals surface area contributed by atoms with E-state index in [1.54, 1.807) is 12.1 Å². The average Bonchev–Trinajstić information content (AvgIpc) is 2.58. The van der Waals surface area contributed by atoms with Crippen molar-refractivity contribution in [3.05, 3.63) is 34.3 Å². The minimum atomic E-state index is -0.448. The van der Waals surface area contributed by atoms with E-state index in [0.29, 0.717) is 16.9 Å². The van der Waals surface area contributed by atoms with E-state index in [1.807, 2.05) is 33.8 Å². The van der Waals surface area contributed by atoms with E-state index < -0.39 is 5.97 Å². The van der Waals surface area contributed by atoms with Crippen molar-refractivity contribution in [2.75, 3.05) is 7.11 Å². The van der Waals surface area contributed by atoms with E-state index in [2.05, 4.69) is 0 Å². The number of methoxy groups -OCH3 is 1. The van der Waals surface area contributed by atoms with Crippen molar-refractivity contribution in [2.24, 2.45) is 0 Å². The third-order valence-electron chi connectivity index (χ3n) is 4.14. The molecule has 1 saturated heterocycles. The van der Waals surface area contributed by atoms with Gasteiger partial charge in [-0.25, -0.2) is 4.79 Å². The van der Waals surface area contributed by atoms with Crippen molar-refractivity contribution in [2.45, 2.75) is 45.2 Å². The summed E-state index contributed by atoms with van der Waals surface area (Å²) < 4.78 is 16.6. The van der Waals surface area contributed by atoms with Gasteiger partial charge >= 0.3 is 13.1 Å². The number of halogens is 1. The first-order chi connectivity index (χ1) is 9.66. The molecule has 0 radical (unpaired) electrons. The van der Waals surface area contributed by atoms with E-state index in [0.717, 1.165) is 5.56 Å². The second kappa shape index (κ2) is 5.63. The minimum Gasteiger partial charge on any atom is -0.465 e. The summed E-state index contributed by atoms with van der Waals surface area (Å²) in [5.41, 5.74) is 0.538. The summed E-state index contributed by atoms with van der Waals surface area (Å²) in [6, 6.07) is 5.27. The van der Waals surface area contributed by atoms with Gasteiger partial charge in [0.25, 0.3) is 0 Å². The highest BCUT2D eigenvalue weighted by Crippen LogP contribution is 2.37. The summed E-state index contributed by atoms with van der Waals surface area (Å²) in [5, 5.41) is 0.375. The van der Waals surface area contributed by atoms with Crippen molar-refractivity contribution in [3.63, 3.8) is 0 Å². The van der Waals surface area contributed by atoms with Crippen LogP contribution in [-0.2, 0) is 20.4 Å². The number of hydrogen-bond acceptors (Lipinski definition) is 4. The molecular weight excluding hydrogens is 290 g/mol. The number of carbonyl (C=O) groups is 1. The molecule has 114 valence electrons. The summed E-state index contributed by atoms with van der Waals surface area (Å²) in [7, 11) is 0.987. The monoisotopic (exact) mass is 310 g/mol. The Labute approximate surface area is 130 Å². The Kier molecular flexibility index (Phi) is 4.38. The molecule has 1 fully saturated rings. The van der Waals surface area contributed by atoms with Crippen molar-refractivity contribution >= 4 is 24.7 Å². The van der Waals surface area contributed by atoms with Gasteiger partial charge in [-0.1, -0.05) is 17.7 Å². The highest BCUT2D eigenvalue weighted by molar-refractivity contribution is 6.45.